The molecule has 2 amide bonds. The Labute approximate surface area is 174 Å². The summed E-state index contributed by atoms with van der Waals surface area (Å²) >= 11 is 0. The first kappa shape index (κ1) is 19.8. The quantitative estimate of drug-likeness (QED) is 0.619. The molecule has 1 saturated heterocycles. The van der Waals surface area contributed by atoms with Gasteiger partial charge < -0.3 is 15.1 Å². The molecule has 1 aliphatic rings. The largest absolute Gasteiger partial charge is 0.353 e. The van der Waals surface area contributed by atoms with E-state index in [9.17, 15) is 9.59 Å². The lowest BCUT2D eigenvalue weighted by Crippen LogP contribution is -2.49. The van der Waals surface area contributed by atoms with Gasteiger partial charge in [0.1, 0.15) is 12.1 Å². The number of benzene rings is 1. The molecule has 30 heavy (non-hydrogen) atoms. The molecule has 3 heterocycles. The van der Waals surface area contributed by atoms with Crippen molar-refractivity contribution in [1.29, 1.82) is 0 Å². The number of hydrogen-bond acceptors (Lipinski definition) is 6. The van der Waals surface area contributed by atoms with Crippen molar-refractivity contribution in [1.82, 2.24) is 29.8 Å². The molecule has 0 atom stereocenters. The minimum absolute atomic E-state index is 0.108. The highest BCUT2D eigenvalue weighted by atomic mass is 16.2. The first-order valence-corrected chi connectivity index (χ1v) is 10.1. The van der Waals surface area contributed by atoms with Gasteiger partial charge in [-0.15, -0.1) is 0 Å². The van der Waals surface area contributed by atoms with Crippen molar-refractivity contribution in [2.24, 2.45) is 0 Å². The fourth-order valence-electron chi connectivity index (χ4n) is 3.61. The molecule has 2 aromatic heterocycles. The molecule has 1 N–H and O–H groups in total. The highest BCUT2D eigenvalue weighted by molar-refractivity contribution is 5.94. The highest BCUT2D eigenvalue weighted by Crippen LogP contribution is 2.18. The fourth-order valence-corrected chi connectivity index (χ4v) is 3.61. The summed E-state index contributed by atoms with van der Waals surface area (Å²) in [6.45, 7) is 5.21. The molecule has 156 valence electrons. The van der Waals surface area contributed by atoms with Gasteiger partial charge in [0.05, 0.1) is 0 Å². The van der Waals surface area contributed by atoms with E-state index in [-0.39, 0.29) is 11.8 Å². The standard InChI is InChI=1S/C21H25N7O2/c1-16-14-18(28-21(25-16)23-15-24-28)26-10-12-27(13-11-26)19(29)8-5-9-22-20(30)17-6-3-2-4-7-17/h2-4,6-7,14-15H,5,8-13H2,1H3,(H,22,30). The monoisotopic (exact) mass is 407 g/mol. The second kappa shape index (κ2) is 8.89. The molecule has 1 aromatic carbocycles. The molecule has 3 aromatic rings. The average molecular weight is 407 g/mol. The zero-order chi connectivity index (χ0) is 20.9. The van der Waals surface area contributed by atoms with E-state index in [1.54, 1.807) is 16.6 Å². The lowest BCUT2D eigenvalue weighted by atomic mass is 10.2. The lowest BCUT2D eigenvalue weighted by molar-refractivity contribution is -0.131. The van der Waals surface area contributed by atoms with Crippen LogP contribution >= 0.6 is 0 Å². The Hall–Kier alpha value is -3.49. The Bertz CT molecular complexity index is 1030. The third-order valence-corrected chi connectivity index (χ3v) is 5.21. The lowest BCUT2D eigenvalue weighted by Gasteiger charge is -2.36. The maximum atomic E-state index is 12.5. The van der Waals surface area contributed by atoms with Crippen LogP contribution in [0.4, 0.5) is 5.82 Å². The van der Waals surface area contributed by atoms with Crippen molar-refractivity contribution in [3.8, 4) is 0 Å². The summed E-state index contributed by atoms with van der Waals surface area (Å²) in [5.74, 6) is 1.55. The number of piperazine rings is 1. The van der Waals surface area contributed by atoms with Crippen molar-refractivity contribution in [3.05, 3.63) is 54.0 Å². The van der Waals surface area contributed by atoms with Crippen LogP contribution in [-0.4, -0.2) is 69.0 Å². The third-order valence-electron chi connectivity index (χ3n) is 5.21. The summed E-state index contributed by atoms with van der Waals surface area (Å²) in [6, 6.07) is 11.1. The maximum absolute atomic E-state index is 12.5. The summed E-state index contributed by atoms with van der Waals surface area (Å²) in [5.41, 5.74) is 1.52. The molecule has 1 fully saturated rings. The number of rotatable bonds is 6. The predicted octanol–water partition coefficient (Wildman–Crippen LogP) is 1.29. The van der Waals surface area contributed by atoms with Gasteiger partial charge in [-0.25, -0.2) is 4.98 Å². The molecule has 0 radical (unpaired) electrons. The van der Waals surface area contributed by atoms with Crippen molar-refractivity contribution in [2.75, 3.05) is 37.6 Å². The average Bonchev–Trinajstić information content (AvgIpc) is 3.25. The van der Waals surface area contributed by atoms with Crippen LogP contribution < -0.4 is 10.2 Å². The number of carbonyl (C=O) groups is 2. The molecule has 0 saturated carbocycles. The third kappa shape index (κ3) is 4.40. The Morgan fingerprint density at radius 2 is 1.87 bits per heavy atom. The molecule has 0 spiro atoms. The van der Waals surface area contributed by atoms with E-state index in [1.165, 1.54) is 6.33 Å². The van der Waals surface area contributed by atoms with Crippen LogP contribution in [0.25, 0.3) is 5.78 Å². The summed E-state index contributed by atoms with van der Waals surface area (Å²) in [5, 5.41) is 7.13. The van der Waals surface area contributed by atoms with Gasteiger partial charge in [-0.05, 0) is 25.5 Å². The summed E-state index contributed by atoms with van der Waals surface area (Å²) in [6.07, 6.45) is 2.55. The number of amides is 2. The molecule has 1 aliphatic heterocycles. The number of carbonyl (C=O) groups excluding carboxylic acids is 2. The minimum atomic E-state index is -0.108. The molecule has 4 rings (SSSR count). The van der Waals surface area contributed by atoms with Crippen LogP contribution in [0.1, 0.15) is 28.9 Å². The predicted molar refractivity (Wildman–Crippen MR) is 112 cm³/mol. The van der Waals surface area contributed by atoms with Gasteiger partial charge in [-0.2, -0.15) is 14.6 Å². The molecule has 9 nitrogen and oxygen atoms in total. The van der Waals surface area contributed by atoms with Crippen LogP contribution in [0.3, 0.4) is 0 Å². The van der Waals surface area contributed by atoms with Crippen molar-refractivity contribution >= 4 is 23.4 Å². The second-order valence-corrected chi connectivity index (χ2v) is 7.32. The number of nitrogens with one attached hydrogen (secondary N) is 1. The van der Waals surface area contributed by atoms with Gasteiger partial charge in [0.2, 0.25) is 5.91 Å². The minimum Gasteiger partial charge on any atom is -0.353 e. The maximum Gasteiger partial charge on any atom is 0.254 e. The number of anilines is 1. The summed E-state index contributed by atoms with van der Waals surface area (Å²) in [7, 11) is 0. The van der Waals surface area contributed by atoms with Gasteiger partial charge in [-0.1, -0.05) is 18.2 Å². The van der Waals surface area contributed by atoms with Crippen molar-refractivity contribution < 1.29 is 9.59 Å². The molecular formula is C21H25N7O2. The van der Waals surface area contributed by atoms with E-state index in [4.69, 9.17) is 0 Å². The van der Waals surface area contributed by atoms with E-state index >= 15 is 0 Å². The van der Waals surface area contributed by atoms with Gasteiger partial charge in [0, 0.05) is 56.5 Å². The van der Waals surface area contributed by atoms with E-state index < -0.39 is 0 Å². The Balaban J connectivity index is 1.23. The zero-order valence-electron chi connectivity index (χ0n) is 17.0. The number of aryl methyl sites for hydroxylation is 1. The number of aromatic nitrogens is 4. The normalized spacial score (nSPS) is 14.2. The van der Waals surface area contributed by atoms with Crippen LogP contribution in [0.2, 0.25) is 0 Å². The first-order chi connectivity index (χ1) is 14.6. The topological polar surface area (TPSA) is 95.7 Å². The Morgan fingerprint density at radius 1 is 1.10 bits per heavy atom. The number of nitrogens with zero attached hydrogens (tertiary/aromatic N) is 6. The van der Waals surface area contributed by atoms with Gasteiger partial charge in [0.15, 0.2) is 0 Å². The molecule has 9 heteroatoms. The first-order valence-electron chi connectivity index (χ1n) is 10.1. The molecule has 0 aliphatic carbocycles. The summed E-state index contributed by atoms with van der Waals surface area (Å²) in [4.78, 5) is 37.2. The van der Waals surface area contributed by atoms with Crippen LogP contribution in [0.5, 0.6) is 0 Å². The number of hydrogen-bond donors (Lipinski definition) is 1. The van der Waals surface area contributed by atoms with E-state index in [0.29, 0.717) is 43.8 Å². The molecular weight excluding hydrogens is 382 g/mol. The fraction of sp³-hybridized carbons (Fsp3) is 0.381. The van der Waals surface area contributed by atoms with Crippen LogP contribution in [-0.2, 0) is 4.79 Å². The van der Waals surface area contributed by atoms with Gasteiger partial charge in [-0.3, -0.25) is 9.59 Å². The highest BCUT2D eigenvalue weighted by Gasteiger charge is 2.23. The van der Waals surface area contributed by atoms with Crippen LogP contribution in [0.15, 0.2) is 42.7 Å². The van der Waals surface area contributed by atoms with E-state index in [2.05, 4.69) is 25.3 Å². The smallest absolute Gasteiger partial charge is 0.254 e. The van der Waals surface area contributed by atoms with E-state index in [1.807, 2.05) is 36.1 Å². The van der Waals surface area contributed by atoms with Crippen molar-refractivity contribution in [3.63, 3.8) is 0 Å². The Morgan fingerprint density at radius 3 is 2.63 bits per heavy atom. The Kier molecular flexibility index (Phi) is 5.87. The van der Waals surface area contributed by atoms with Crippen molar-refractivity contribution in [2.45, 2.75) is 19.8 Å². The molecule has 0 unspecified atom stereocenters. The summed E-state index contributed by atoms with van der Waals surface area (Å²) < 4.78 is 1.74. The number of fused-ring (bicyclic) bond motifs is 1. The SMILES string of the molecule is Cc1cc(N2CCN(C(=O)CCCNC(=O)c3ccccc3)CC2)n2ncnc2n1. The van der Waals surface area contributed by atoms with E-state index in [0.717, 1.165) is 24.6 Å². The van der Waals surface area contributed by atoms with Crippen LogP contribution in [0, 0.1) is 6.92 Å². The second-order valence-electron chi connectivity index (χ2n) is 7.32. The zero-order valence-corrected chi connectivity index (χ0v) is 17.0. The van der Waals surface area contributed by atoms with Gasteiger partial charge >= 0.3 is 0 Å². The molecule has 0 bridgehead atoms. The van der Waals surface area contributed by atoms with Gasteiger partial charge in [0.25, 0.3) is 11.7 Å².